The van der Waals surface area contributed by atoms with Gasteiger partial charge in [-0.15, -0.1) is 0 Å². The lowest BCUT2D eigenvalue weighted by atomic mass is 10.0. The molecule has 0 aliphatic rings. The van der Waals surface area contributed by atoms with Gasteiger partial charge in [-0.05, 0) is 81.6 Å². The summed E-state index contributed by atoms with van der Waals surface area (Å²) in [4.78, 5) is 29.5. The van der Waals surface area contributed by atoms with Crippen molar-refractivity contribution in [2.45, 2.75) is 64.6 Å². The molecular weight excluding hydrogens is 589 g/mol. The topological polar surface area (TPSA) is 86.8 Å². The van der Waals surface area contributed by atoms with E-state index in [0.29, 0.717) is 5.69 Å². The van der Waals surface area contributed by atoms with Gasteiger partial charge in [0.2, 0.25) is 11.8 Å². The number of rotatable bonds is 12. The normalized spacial score (nSPS) is 12.1. The molecule has 0 saturated heterocycles. The fourth-order valence-corrected chi connectivity index (χ4v) is 6.60. The van der Waals surface area contributed by atoms with E-state index in [1.807, 2.05) is 71.0 Å². The molecule has 0 bridgehead atoms. The Balaban J connectivity index is 1.84. The molecule has 1 N–H and O–H groups in total. The van der Waals surface area contributed by atoms with Gasteiger partial charge in [-0.25, -0.2) is 12.8 Å². The second-order valence-corrected chi connectivity index (χ2v) is 13.5. The summed E-state index contributed by atoms with van der Waals surface area (Å²) in [6.07, 6.45) is 0.147. The molecule has 4 rings (SSSR count). The Labute approximate surface area is 265 Å². The minimum Gasteiger partial charge on any atom is -0.352 e. The Morgan fingerprint density at radius 1 is 0.800 bits per heavy atom. The van der Waals surface area contributed by atoms with Gasteiger partial charge in [0.15, 0.2) is 0 Å². The molecule has 4 aromatic rings. The van der Waals surface area contributed by atoms with Crippen molar-refractivity contribution in [2.24, 2.45) is 0 Å². The highest BCUT2D eigenvalue weighted by Gasteiger charge is 2.35. The van der Waals surface area contributed by atoms with Crippen molar-refractivity contribution in [3.63, 3.8) is 0 Å². The summed E-state index contributed by atoms with van der Waals surface area (Å²) in [6, 6.07) is 25.8. The SMILES string of the molecule is Cc1ccc(S(=O)(=O)N(CC(=O)N(Cc2ccccc2F)[C@H](Cc2ccccc2)C(=O)NC(C)C)c2cc(C)cc(C)c2)cc1. The number of amides is 2. The van der Waals surface area contributed by atoms with Crippen molar-refractivity contribution >= 4 is 27.5 Å². The molecule has 0 unspecified atom stereocenters. The van der Waals surface area contributed by atoms with Crippen LogP contribution in [-0.2, 0) is 32.6 Å². The quantitative estimate of drug-likeness (QED) is 0.205. The molecule has 0 aliphatic heterocycles. The second-order valence-electron chi connectivity index (χ2n) is 11.7. The lowest BCUT2D eigenvalue weighted by molar-refractivity contribution is -0.140. The van der Waals surface area contributed by atoms with E-state index in [1.165, 1.54) is 23.1 Å². The monoisotopic (exact) mass is 629 g/mol. The third kappa shape index (κ3) is 8.57. The fraction of sp³-hybridized carbons (Fsp3) is 0.278. The zero-order valence-corrected chi connectivity index (χ0v) is 27.1. The van der Waals surface area contributed by atoms with Gasteiger partial charge < -0.3 is 10.2 Å². The Kier molecular flexibility index (Phi) is 10.8. The number of hydrogen-bond donors (Lipinski definition) is 1. The number of sulfonamides is 1. The molecule has 0 radical (unpaired) electrons. The lowest BCUT2D eigenvalue weighted by Gasteiger charge is -2.34. The minimum absolute atomic E-state index is 0.0269. The van der Waals surface area contributed by atoms with E-state index in [9.17, 15) is 18.0 Å². The zero-order chi connectivity index (χ0) is 32.7. The predicted octanol–water partition coefficient (Wildman–Crippen LogP) is 6.11. The van der Waals surface area contributed by atoms with Crippen LogP contribution in [0.25, 0.3) is 0 Å². The third-order valence-corrected chi connectivity index (χ3v) is 9.17. The van der Waals surface area contributed by atoms with E-state index >= 15 is 4.39 Å². The largest absolute Gasteiger partial charge is 0.352 e. The molecule has 0 saturated carbocycles. The number of carbonyl (C=O) groups is 2. The first-order chi connectivity index (χ1) is 21.3. The van der Waals surface area contributed by atoms with E-state index in [1.54, 1.807) is 42.5 Å². The van der Waals surface area contributed by atoms with E-state index in [0.717, 1.165) is 26.6 Å². The molecule has 1 atom stereocenters. The molecule has 0 spiro atoms. The summed E-state index contributed by atoms with van der Waals surface area (Å²) < 4.78 is 44.5. The molecule has 45 heavy (non-hydrogen) atoms. The van der Waals surface area contributed by atoms with Gasteiger partial charge in [0.1, 0.15) is 18.4 Å². The molecule has 0 aromatic heterocycles. The molecule has 4 aromatic carbocycles. The highest BCUT2D eigenvalue weighted by Crippen LogP contribution is 2.27. The van der Waals surface area contributed by atoms with Gasteiger partial charge in [0.05, 0.1) is 10.6 Å². The minimum atomic E-state index is -4.23. The summed E-state index contributed by atoms with van der Waals surface area (Å²) >= 11 is 0. The Morgan fingerprint density at radius 2 is 1.40 bits per heavy atom. The maximum absolute atomic E-state index is 15.0. The molecule has 7 nitrogen and oxygen atoms in total. The number of benzene rings is 4. The van der Waals surface area contributed by atoms with Gasteiger partial charge in [0.25, 0.3) is 10.0 Å². The van der Waals surface area contributed by atoms with Gasteiger partial charge in [-0.1, -0.05) is 72.3 Å². The van der Waals surface area contributed by atoms with Crippen LogP contribution in [0.5, 0.6) is 0 Å². The molecule has 9 heteroatoms. The molecule has 2 amide bonds. The highest BCUT2D eigenvalue weighted by atomic mass is 32.2. The Morgan fingerprint density at radius 3 is 2.00 bits per heavy atom. The maximum Gasteiger partial charge on any atom is 0.264 e. The van der Waals surface area contributed by atoms with E-state index in [4.69, 9.17) is 0 Å². The predicted molar refractivity (Wildman–Crippen MR) is 176 cm³/mol. The summed E-state index contributed by atoms with van der Waals surface area (Å²) in [5.41, 5.74) is 3.86. The van der Waals surface area contributed by atoms with Crippen molar-refractivity contribution in [3.8, 4) is 0 Å². The first kappa shape index (κ1) is 33.4. The third-order valence-electron chi connectivity index (χ3n) is 7.38. The summed E-state index contributed by atoms with van der Waals surface area (Å²) in [7, 11) is -4.23. The maximum atomic E-state index is 15.0. The smallest absolute Gasteiger partial charge is 0.264 e. The number of nitrogens with zero attached hydrogens (tertiary/aromatic N) is 2. The van der Waals surface area contributed by atoms with Crippen LogP contribution in [0.3, 0.4) is 0 Å². The van der Waals surface area contributed by atoms with Crippen LogP contribution in [0.15, 0.2) is 102 Å². The van der Waals surface area contributed by atoms with Gasteiger partial charge in [-0.3, -0.25) is 13.9 Å². The second kappa shape index (κ2) is 14.5. The average molecular weight is 630 g/mol. The number of aryl methyl sites for hydroxylation is 3. The fourth-order valence-electron chi connectivity index (χ4n) is 5.21. The molecule has 0 aliphatic carbocycles. The molecular formula is C36H40FN3O4S. The van der Waals surface area contributed by atoms with Gasteiger partial charge >= 0.3 is 0 Å². The van der Waals surface area contributed by atoms with Crippen molar-refractivity contribution in [1.29, 1.82) is 0 Å². The summed E-state index contributed by atoms with van der Waals surface area (Å²) in [6.45, 7) is 8.36. The summed E-state index contributed by atoms with van der Waals surface area (Å²) in [5.74, 6) is -1.60. The van der Waals surface area contributed by atoms with Gasteiger partial charge in [0, 0.05) is 24.6 Å². The van der Waals surface area contributed by atoms with Crippen LogP contribution in [-0.4, -0.2) is 43.8 Å². The van der Waals surface area contributed by atoms with Gasteiger partial charge in [-0.2, -0.15) is 0 Å². The standard InChI is InChI=1S/C36H40FN3O4S/c1-25(2)38-36(42)34(22-29-11-7-6-8-12-29)39(23-30-13-9-10-14-33(30)37)35(41)24-40(31-20-27(4)19-28(5)21-31)45(43,44)32-17-15-26(3)16-18-32/h6-21,25,34H,22-24H2,1-5H3,(H,38,42)/t34-/m1/s1. The van der Waals surface area contributed by atoms with Crippen LogP contribution in [0.1, 0.15) is 41.7 Å². The highest BCUT2D eigenvalue weighted by molar-refractivity contribution is 7.92. The number of hydrogen-bond acceptors (Lipinski definition) is 4. The van der Waals surface area contributed by atoms with E-state index in [-0.39, 0.29) is 29.5 Å². The van der Waals surface area contributed by atoms with Crippen molar-refractivity contribution < 1.29 is 22.4 Å². The Hall–Kier alpha value is -4.50. The molecule has 0 fully saturated rings. The molecule has 236 valence electrons. The van der Waals surface area contributed by atoms with E-state index < -0.39 is 40.2 Å². The molecule has 0 heterocycles. The number of anilines is 1. The first-order valence-electron chi connectivity index (χ1n) is 14.9. The van der Waals surface area contributed by atoms with Crippen molar-refractivity contribution in [1.82, 2.24) is 10.2 Å². The van der Waals surface area contributed by atoms with Crippen LogP contribution in [0.2, 0.25) is 0 Å². The zero-order valence-electron chi connectivity index (χ0n) is 26.3. The van der Waals surface area contributed by atoms with Crippen LogP contribution >= 0.6 is 0 Å². The van der Waals surface area contributed by atoms with Crippen LogP contribution < -0.4 is 9.62 Å². The van der Waals surface area contributed by atoms with Crippen LogP contribution in [0.4, 0.5) is 10.1 Å². The summed E-state index contributed by atoms with van der Waals surface area (Å²) in [5, 5.41) is 2.90. The van der Waals surface area contributed by atoms with Crippen LogP contribution in [0, 0.1) is 26.6 Å². The number of carbonyl (C=O) groups excluding carboxylic acids is 2. The lowest BCUT2D eigenvalue weighted by Crippen LogP contribution is -2.54. The van der Waals surface area contributed by atoms with E-state index in [2.05, 4.69) is 5.32 Å². The average Bonchev–Trinajstić information content (AvgIpc) is 2.98. The van der Waals surface area contributed by atoms with Crippen molar-refractivity contribution in [3.05, 3.63) is 131 Å². The first-order valence-corrected chi connectivity index (χ1v) is 16.3. The number of halogens is 1. The van der Waals surface area contributed by atoms with Crippen molar-refractivity contribution in [2.75, 3.05) is 10.8 Å². The Bertz CT molecular complexity index is 1720. The number of nitrogens with one attached hydrogen (secondary N) is 1.